The van der Waals surface area contributed by atoms with Gasteiger partial charge in [0.2, 0.25) is 0 Å². The molecule has 2 rings (SSSR count). The van der Waals surface area contributed by atoms with Crippen molar-refractivity contribution in [2.45, 2.75) is 20.4 Å². The molecule has 0 unspecified atom stereocenters. The van der Waals surface area contributed by atoms with E-state index in [1.807, 2.05) is 32.0 Å². The van der Waals surface area contributed by atoms with Gasteiger partial charge in [-0.15, -0.1) is 0 Å². The van der Waals surface area contributed by atoms with E-state index in [-0.39, 0.29) is 5.56 Å². The lowest BCUT2D eigenvalue weighted by molar-refractivity contribution is 0.681. The lowest BCUT2D eigenvalue weighted by atomic mass is 10.3. The summed E-state index contributed by atoms with van der Waals surface area (Å²) in [5, 5.41) is 0. The average molecular weight is 215 g/mol. The Morgan fingerprint density at radius 3 is 2.75 bits per heavy atom. The lowest BCUT2D eigenvalue weighted by Gasteiger charge is -2.08. The maximum Gasteiger partial charge on any atom is 0.254 e. The molecule has 0 aliphatic carbocycles. The topological polar surface area (TPSA) is 47.8 Å². The van der Waals surface area contributed by atoms with E-state index in [2.05, 4.69) is 9.97 Å². The molecule has 0 saturated carbocycles. The van der Waals surface area contributed by atoms with E-state index >= 15 is 0 Å². The van der Waals surface area contributed by atoms with Gasteiger partial charge in [-0.3, -0.25) is 14.3 Å². The van der Waals surface area contributed by atoms with Crippen LogP contribution < -0.4 is 5.56 Å². The van der Waals surface area contributed by atoms with Gasteiger partial charge in [0.05, 0.1) is 12.2 Å². The third-order valence-corrected chi connectivity index (χ3v) is 2.37. The second-order valence-electron chi connectivity index (χ2n) is 3.69. The van der Waals surface area contributed by atoms with E-state index in [4.69, 9.17) is 0 Å². The second-order valence-corrected chi connectivity index (χ2v) is 3.69. The molecule has 4 nitrogen and oxygen atoms in total. The summed E-state index contributed by atoms with van der Waals surface area (Å²) in [7, 11) is 0. The standard InChI is InChI=1S/C12H13N3O/c1-9-7-12(16)15(10(2)14-9)8-11-5-3-4-6-13-11/h3-7H,8H2,1-2H3. The Kier molecular flexibility index (Phi) is 2.81. The van der Waals surface area contributed by atoms with Crippen LogP contribution in [0.4, 0.5) is 0 Å². The Morgan fingerprint density at radius 2 is 2.12 bits per heavy atom. The molecule has 16 heavy (non-hydrogen) atoms. The minimum absolute atomic E-state index is 0.0318. The first-order valence-corrected chi connectivity index (χ1v) is 5.12. The molecule has 0 radical (unpaired) electrons. The molecule has 0 aromatic carbocycles. The van der Waals surface area contributed by atoms with Crippen LogP contribution in [0.2, 0.25) is 0 Å². The van der Waals surface area contributed by atoms with E-state index in [1.54, 1.807) is 10.8 Å². The first-order valence-electron chi connectivity index (χ1n) is 5.12. The molecule has 2 aromatic rings. The molecule has 4 heteroatoms. The van der Waals surface area contributed by atoms with E-state index in [9.17, 15) is 4.79 Å². The number of nitrogens with zero attached hydrogens (tertiary/aromatic N) is 3. The number of aryl methyl sites for hydroxylation is 2. The maximum absolute atomic E-state index is 11.8. The quantitative estimate of drug-likeness (QED) is 0.758. The van der Waals surface area contributed by atoms with E-state index < -0.39 is 0 Å². The molecule has 82 valence electrons. The molecule has 0 spiro atoms. The number of aromatic nitrogens is 3. The second kappa shape index (κ2) is 4.26. The lowest BCUT2D eigenvalue weighted by Crippen LogP contribution is -2.24. The van der Waals surface area contributed by atoms with Crippen molar-refractivity contribution in [1.29, 1.82) is 0 Å². The van der Waals surface area contributed by atoms with E-state index in [0.717, 1.165) is 17.2 Å². The SMILES string of the molecule is Cc1cc(=O)n(Cc2ccccn2)c(C)n1. The highest BCUT2D eigenvalue weighted by molar-refractivity contribution is 5.07. The van der Waals surface area contributed by atoms with Gasteiger partial charge in [0.15, 0.2) is 0 Å². The summed E-state index contributed by atoms with van der Waals surface area (Å²) < 4.78 is 1.62. The first kappa shape index (κ1) is 10.5. The van der Waals surface area contributed by atoms with Gasteiger partial charge in [-0.25, -0.2) is 4.98 Å². The molecule has 2 aromatic heterocycles. The molecule has 0 saturated heterocycles. The molecular weight excluding hydrogens is 202 g/mol. The van der Waals surface area contributed by atoms with Crippen LogP contribution in [0, 0.1) is 13.8 Å². The van der Waals surface area contributed by atoms with Gasteiger partial charge < -0.3 is 0 Å². The van der Waals surface area contributed by atoms with E-state index in [0.29, 0.717) is 6.54 Å². The van der Waals surface area contributed by atoms with Crippen molar-refractivity contribution in [3.63, 3.8) is 0 Å². The summed E-state index contributed by atoms with van der Waals surface area (Å²) in [5.74, 6) is 0.718. The minimum Gasteiger partial charge on any atom is -0.291 e. The number of rotatable bonds is 2. The van der Waals surface area contributed by atoms with Gasteiger partial charge in [-0.2, -0.15) is 0 Å². The van der Waals surface area contributed by atoms with Gasteiger partial charge in [-0.05, 0) is 26.0 Å². The Labute approximate surface area is 93.6 Å². The monoisotopic (exact) mass is 215 g/mol. The fourth-order valence-electron chi connectivity index (χ4n) is 1.61. The highest BCUT2D eigenvalue weighted by atomic mass is 16.1. The van der Waals surface area contributed by atoms with Gasteiger partial charge in [0, 0.05) is 18.0 Å². The fourth-order valence-corrected chi connectivity index (χ4v) is 1.61. The van der Waals surface area contributed by atoms with Gasteiger partial charge >= 0.3 is 0 Å². The Balaban J connectivity index is 2.39. The largest absolute Gasteiger partial charge is 0.291 e. The molecule has 0 N–H and O–H groups in total. The van der Waals surface area contributed by atoms with Crippen molar-refractivity contribution in [2.75, 3.05) is 0 Å². The molecular formula is C12H13N3O. The summed E-state index contributed by atoms with van der Waals surface area (Å²) in [5.41, 5.74) is 1.58. The molecule has 0 atom stereocenters. The van der Waals surface area contributed by atoms with Crippen LogP contribution in [0.5, 0.6) is 0 Å². The van der Waals surface area contributed by atoms with Crippen molar-refractivity contribution in [2.24, 2.45) is 0 Å². The fraction of sp³-hybridized carbons (Fsp3) is 0.250. The van der Waals surface area contributed by atoms with Gasteiger partial charge in [0.25, 0.3) is 5.56 Å². The molecule has 0 aliphatic rings. The molecule has 0 bridgehead atoms. The maximum atomic E-state index is 11.8. The van der Waals surface area contributed by atoms with Crippen LogP contribution in [0.25, 0.3) is 0 Å². The van der Waals surface area contributed by atoms with Crippen molar-refractivity contribution in [1.82, 2.24) is 14.5 Å². The first-order chi connectivity index (χ1) is 7.66. The van der Waals surface area contributed by atoms with Crippen molar-refractivity contribution in [3.8, 4) is 0 Å². The molecule has 2 heterocycles. The average Bonchev–Trinajstić information content (AvgIpc) is 2.25. The Bertz CT molecular complexity index is 546. The highest BCUT2D eigenvalue weighted by Crippen LogP contribution is 1.99. The molecule has 0 aliphatic heterocycles. The normalized spacial score (nSPS) is 10.4. The van der Waals surface area contributed by atoms with Crippen LogP contribution in [0.1, 0.15) is 17.2 Å². The summed E-state index contributed by atoms with van der Waals surface area (Å²) in [6.45, 7) is 4.12. The zero-order valence-corrected chi connectivity index (χ0v) is 9.34. The molecule has 0 fully saturated rings. The van der Waals surface area contributed by atoms with Gasteiger partial charge in [0.1, 0.15) is 5.82 Å². The summed E-state index contributed by atoms with van der Waals surface area (Å²) in [4.78, 5) is 20.2. The summed E-state index contributed by atoms with van der Waals surface area (Å²) in [6, 6.07) is 7.19. The van der Waals surface area contributed by atoms with Gasteiger partial charge in [-0.1, -0.05) is 6.07 Å². The van der Waals surface area contributed by atoms with Crippen LogP contribution >= 0.6 is 0 Å². The van der Waals surface area contributed by atoms with Crippen molar-refractivity contribution in [3.05, 3.63) is 58.0 Å². The van der Waals surface area contributed by atoms with Crippen LogP contribution in [0.3, 0.4) is 0 Å². The predicted molar refractivity (Wildman–Crippen MR) is 61.3 cm³/mol. The zero-order chi connectivity index (χ0) is 11.5. The highest BCUT2D eigenvalue weighted by Gasteiger charge is 2.03. The van der Waals surface area contributed by atoms with Crippen LogP contribution in [-0.4, -0.2) is 14.5 Å². The van der Waals surface area contributed by atoms with Crippen LogP contribution in [-0.2, 0) is 6.54 Å². The number of pyridine rings is 1. The Hall–Kier alpha value is -1.97. The zero-order valence-electron chi connectivity index (χ0n) is 9.34. The van der Waals surface area contributed by atoms with Crippen molar-refractivity contribution < 1.29 is 0 Å². The predicted octanol–water partition coefficient (Wildman–Crippen LogP) is 1.30. The third-order valence-electron chi connectivity index (χ3n) is 2.37. The van der Waals surface area contributed by atoms with Crippen LogP contribution in [0.15, 0.2) is 35.3 Å². The van der Waals surface area contributed by atoms with E-state index in [1.165, 1.54) is 6.07 Å². The Morgan fingerprint density at radius 1 is 1.31 bits per heavy atom. The van der Waals surface area contributed by atoms with Crippen molar-refractivity contribution >= 4 is 0 Å². The number of hydrogen-bond donors (Lipinski definition) is 0. The summed E-state index contributed by atoms with van der Waals surface area (Å²) in [6.07, 6.45) is 1.72. The third kappa shape index (κ3) is 2.16. The minimum atomic E-state index is -0.0318. The number of hydrogen-bond acceptors (Lipinski definition) is 3. The molecule has 0 amide bonds. The summed E-state index contributed by atoms with van der Waals surface area (Å²) >= 11 is 0. The smallest absolute Gasteiger partial charge is 0.254 e.